The normalized spacial score (nSPS) is 31.3. The van der Waals surface area contributed by atoms with Gasteiger partial charge in [0.1, 0.15) is 0 Å². The Morgan fingerprint density at radius 1 is 0.759 bits per heavy atom. The molecule has 3 fully saturated rings. The maximum atomic E-state index is 10.7. The number of fused-ring (bicyclic) bond motifs is 1. The van der Waals surface area contributed by atoms with Crippen LogP contribution in [0.25, 0.3) is 0 Å². The standard InChI is InChI=1S/C28H52O/c1-3-22(2)24(17-16-23-10-5-4-6-11-23)20-21-27(29)14-9-13-26-19-18-25-12-7-8-15-28(25)26/h22-29H,3-21H2,1-2H3/t22?,24?,25?,26?,27-,28?/m1/s1. The van der Waals surface area contributed by atoms with Crippen LogP contribution in [0.15, 0.2) is 0 Å². The van der Waals surface area contributed by atoms with E-state index in [-0.39, 0.29) is 6.10 Å². The van der Waals surface area contributed by atoms with Crippen LogP contribution in [0.2, 0.25) is 0 Å². The van der Waals surface area contributed by atoms with E-state index in [0.29, 0.717) is 0 Å². The molecule has 3 aliphatic carbocycles. The Balaban J connectivity index is 1.31. The zero-order valence-electron chi connectivity index (χ0n) is 19.9. The highest BCUT2D eigenvalue weighted by Gasteiger charge is 2.36. The van der Waals surface area contributed by atoms with Gasteiger partial charge in [-0.15, -0.1) is 0 Å². The maximum Gasteiger partial charge on any atom is 0.0540 e. The van der Waals surface area contributed by atoms with Gasteiger partial charge in [0.15, 0.2) is 0 Å². The van der Waals surface area contributed by atoms with E-state index in [2.05, 4.69) is 13.8 Å². The minimum Gasteiger partial charge on any atom is -0.393 e. The summed E-state index contributed by atoms with van der Waals surface area (Å²) < 4.78 is 0. The molecule has 1 heteroatoms. The Morgan fingerprint density at radius 3 is 2.31 bits per heavy atom. The van der Waals surface area contributed by atoms with Gasteiger partial charge in [0, 0.05) is 0 Å². The maximum absolute atomic E-state index is 10.7. The average Bonchev–Trinajstić information content (AvgIpc) is 3.17. The molecule has 29 heavy (non-hydrogen) atoms. The van der Waals surface area contributed by atoms with E-state index in [1.807, 2.05) is 0 Å². The first kappa shape index (κ1) is 23.6. The summed E-state index contributed by atoms with van der Waals surface area (Å²) in [4.78, 5) is 0. The molecule has 0 bridgehead atoms. The smallest absolute Gasteiger partial charge is 0.0540 e. The Labute approximate surface area is 182 Å². The van der Waals surface area contributed by atoms with Gasteiger partial charge in [-0.3, -0.25) is 0 Å². The Kier molecular flexibility index (Phi) is 10.4. The molecule has 6 atom stereocenters. The quantitative estimate of drug-likeness (QED) is 0.345. The van der Waals surface area contributed by atoms with E-state index >= 15 is 0 Å². The summed E-state index contributed by atoms with van der Waals surface area (Å²) in [5, 5.41) is 10.7. The number of hydrogen-bond donors (Lipinski definition) is 1. The molecular formula is C28H52O. The molecule has 170 valence electrons. The number of hydrogen-bond acceptors (Lipinski definition) is 1. The van der Waals surface area contributed by atoms with Crippen molar-refractivity contribution in [2.45, 2.75) is 142 Å². The van der Waals surface area contributed by atoms with Crippen molar-refractivity contribution < 1.29 is 5.11 Å². The van der Waals surface area contributed by atoms with Crippen LogP contribution in [0.4, 0.5) is 0 Å². The van der Waals surface area contributed by atoms with Crippen molar-refractivity contribution in [1.29, 1.82) is 0 Å². The van der Waals surface area contributed by atoms with E-state index in [1.165, 1.54) is 109 Å². The van der Waals surface area contributed by atoms with Crippen LogP contribution in [0.3, 0.4) is 0 Å². The second-order valence-corrected chi connectivity index (χ2v) is 11.4. The Morgan fingerprint density at radius 2 is 1.52 bits per heavy atom. The molecule has 0 aromatic carbocycles. The highest BCUT2D eigenvalue weighted by Crippen LogP contribution is 2.47. The molecule has 3 aliphatic rings. The molecule has 0 radical (unpaired) electrons. The fourth-order valence-electron chi connectivity index (χ4n) is 7.35. The van der Waals surface area contributed by atoms with Crippen molar-refractivity contribution in [3.63, 3.8) is 0 Å². The van der Waals surface area contributed by atoms with Crippen LogP contribution in [0.5, 0.6) is 0 Å². The molecule has 1 N–H and O–H groups in total. The molecule has 3 saturated carbocycles. The molecule has 0 saturated heterocycles. The van der Waals surface area contributed by atoms with Crippen LogP contribution < -0.4 is 0 Å². The highest BCUT2D eigenvalue weighted by atomic mass is 16.3. The fourth-order valence-corrected chi connectivity index (χ4v) is 7.35. The summed E-state index contributed by atoms with van der Waals surface area (Å²) in [6.07, 6.45) is 26.6. The highest BCUT2D eigenvalue weighted by molar-refractivity contribution is 4.87. The van der Waals surface area contributed by atoms with Gasteiger partial charge in [0.25, 0.3) is 0 Å². The van der Waals surface area contributed by atoms with E-state index < -0.39 is 0 Å². The van der Waals surface area contributed by atoms with Crippen molar-refractivity contribution in [3.05, 3.63) is 0 Å². The van der Waals surface area contributed by atoms with Crippen molar-refractivity contribution in [1.82, 2.24) is 0 Å². The third kappa shape index (κ3) is 7.55. The predicted octanol–water partition coefficient (Wildman–Crippen LogP) is 8.54. The third-order valence-electron chi connectivity index (χ3n) is 9.58. The lowest BCUT2D eigenvalue weighted by molar-refractivity contribution is 0.127. The SMILES string of the molecule is CCC(C)C(CCC1CCCCC1)CC[C@H](O)CCCC1CCC2CCCCC21. The van der Waals surface area contributed by atoms with Crippen LogP contribution in [-0.2, 0) is 0 Å². The second-order valence-electron chi connectivity index (χ2n) is 11.4. The van der Waals surface area contributed by atoms with Crippen LogP contribution >= 0.6 is 0 Å². The Bertz CT molecular complexity index is 426. The average molecular weight is 405 g/mol. The van der Waals surface area contributed by atoms with Crippen molar-refractivity contribution in [2.75, 3.05) is 0 Å². The second kappa shape index (κ2) is 12.7. The van der Waals surface area contributed by atoms with Gasteiger partial charge in [0.05, 0.1) is 6.10 Å². The van der Waals surface area contributed by atoms with Gasteiger partial charge < -0.3 is 5.11 Å². The molecule has 0 spiro atoms. The van der Waals surface area contributed by atoms with Gasteiger partial charge >= 0.3 is 0 Å². The molecule has 0 aromatic heterocycles. The van der Waals surface area contributed by atoms with Crippen LogP contribution in [0, 0.1) is 35.5 Å². The molecular weight excluding hydrogens is 352 g/mol. The molecule has 3 rings (SSSR count). The zero-order chi connectivity index (χ0) is 20.5. The fraction of sp³-hybridized carbons (Fsp3) is 1.00. The van der Waals surface area contributed by atoms with Crippen molar-refractivity contribution >= 4 is 0 Å². The van der Waals surface area contributed by atoms with Gasteiger partial charge in [-0.1, -0.05) is 90.9 Å². The number of aliphatic hydroxyl groups is 1. The molecule has 5 unspecified atom stereocenters. The lowest BCUT2D eigenvalue weighted by Gasteiger charge is -2.29. The summed E-state index contributed by atoms with van der Waals surface area (Å²) in [5.74, 6) is 5.79. The number of aliphatic hydroxyl groups excluding tert-OH is 1. The van der Waals surface area contributed by atoms with Gasteiger partial charge in [-0.25, -0.2) is 0 Å². The first-order valence-electron chi connectivity index (χ1n) is 13.8. The first-order valence-corrected chi connectivity index (χ1v) is 13.8. The summed E-state index contributed by atoms with van der Waals surface area (Å²) in [7, 11) is 0. The van der Waals surface area contributed by atoms with Crippen molar-refractivity contribution in [3.8, 4) is 0 Å². The third-order valence-corrected chi connectivity index (χ3v) is 9.58. The van der Waals surface area contributed by atoms with Crippen molar-refractivity contribution in [2.24, 2.45) is 35.5 Å². The first-order chi connectivity index (χ1) is 14.2. The minimum absolute atomic E-state index is 0.0419. The number of rotatable bonds is 12. The summed E-state index contributed by atoms with van der Waals surface area (Å²) in [6.45, 7) is 4.81. The Hall–Kier alpha value is -0.0400. The van der Waals surface area contributed by atoms with E-state index in [0.717, 1.165) is 48.3 Å². The molecule has 0 aliphatic heterocycles. The molecule has 0 aromatic rings. The summed E-state index contributed by atoms with van der Waals surface area (Å²) >= 11 is 0. The molecule has 1 nitrogen and oxygen atoms in total. The topological polar surface area (TPSA) is 20.2 Å². The monoisotopic (exact) mass is 404 g/mol. The molecule has 0 amide bonds. The largest absolute Gasteiger partial charge is 0.393 e. The van der Waals surface area contributed by atoms with Gasteiger partial charge in [0.2, 0.25) is 0 Å². The summed E-state index contributed by atoms with van der Waals surface area (Å²) in [6, 6.07) is 0. The molecule has 0 heterocycles. The van der Waals surface area contributed by atoms with Gasteiger partial charge in [-0.05, 0) is 80.5 Å². The van der Waals surface area contributed by atoms with E-state index in [4.69, 9.17) is 0 Å². The van der Waals surface area contributed by atoms with Crippen LogP contribution in [0.1, 0.15) is 136 Å². The van der Waals surface area contributed by atoms with E-state index in [9.17, 15) is 5.11 Å². The van der Waals surface area contributed by atoms with Gasteiger partial charge in [-0.2, -0.15) is 0 Å². The van der Waals surface area contributed by atoms with Crippen LogP contribution in [-0.4, -0.2) is 11.2 Å². The van der Waals surface area contributed by atoms with E-state index in [1.54, 1.807) is 0 Å². The predicted molar refractivity (Wildman–Crippen MR) is 126 cm³/mol. The lowest BCUT2D eigenvalue weighted by atomic mass is 9.76. The lowest BCUT2D eigenvalue weighted by Crippen LogP contribution is -2.20. The zero-order valence-corrected chi connectivity index (χ0v) is 19.9. The minimum atomic E-state index is -0.0419. The summed E-state index contributed by atoms with van der Waals surface area (Å²) in [5.41, 5.74) is 0.